The summed E-state index contributed by atoms with van der Waals surface area (Å²) in [6.07, 6.45) is 6.86. The Morgan fingerprint density at radius 3 is 0.866 bits per heavy atom. The first kappa shape index (κ1) is 104. The molecule has 4 amide bonds. The Kier molecular flexibility index (Phi) is 36.3. The van der Waals surface area contributed by atoms with Gasteiger partial charge in [0.05, 0.1) is 33.3 Å². The van der Waals surface area contributed by atoms with Gasteiger partial charge in [0.2, 0.25) is 47.4 Å². The van der Waals surface area contributed by atoms with Gasteiger partial charge in [-0.05, 0) is 224 Å². The van der Waals surface area contributed by atoms with E-state index in [-0.39, 0.29) is 58.8 Å². The number of carbonyl (C=O) groups excluding carboxylic acids is 4. The third-order valence-corrected chi connectivity index (χ3v) is 24.1. The zero-order valence-electron chi connectivity index (χ0n) is 80.6. The Hall–Kier alpha value is -15.7. The second-order valence-corrected chi connectivity index (χ2v) is 34.2. The molecule has 0 atom stereocenters. The zero-order chi connectivity index (χ0) is 101. The summed E-state index contributed by atoms with van der Waals surface area (Å²) in [5.74, 6) is 1.29. The summed E-state index contributed by atoms with van der Waals surface area (Å²) in [5.41, 5.74) is 12.4. The van der Waals surface area contributed by atoms with Crippen molar-refractivity contribution in [2.24, 2.45) is 0 Å². The Morgan fingerprint density at radius 1 is 0.338 bits per heavy atom. The summed E-state index contributed by atoms with van der Waals surface area (Å²) in [4.78, 5) is 99.7. The van der Waals surface area contributed by atoms with Crippen LogP contribution in [0, 0.1) is 39.3 Å². The predicted octanol–water partition coefficient (Wildman–Crippen LogP) is 19.7. The van der Waals surface area contributed by atoms with Gasteiger partial charge in [-0.2, -0.15) is 33.1 Å². The molecule has 0 spiro atoms. The van der Waals surface area contributed by atoms with E-state index >= 15 is 0 Å². The van der Waals surface area contributed by atoms with Gasteiger partial charge >= 0.3 is 6.18 Å². The van der Waals surface area contributed by atoms with Crippen LogP contribution in [0.5, 0.6) is 0 Å². The number of aryl methyl sites for hydroxylation is 4. The molecule has 142 heavy (non-hydrogen) atoms. The van der Waals surface area contributed by atoms with Crippen LogP contribution in [-0.4, -0.2) is 214 Å². The van der Waals surface area contributed by atoms with Gasteiger partial charge in [0.25, 0.3) is 0 Å². The number of aromatic nitrogens is 8. The van der Waals surface area contributed by atoms with E-state index in [0.29, 0.717) is 98.4 Å². The average Bonchev–Trinajstić information content (AvgIpc) is 0.794. The van der Waals surface area contributed by atoms with Crippen LogP contribution in [0.4, 0.5) is 160 Å². The van der Waals surface area contributed by atoms with Crippen LogP contribution < -0.4 is 83.4 Å². The molecule has 12 N–H and O–H groups in total. The molecule has 32 nitrogen and oxygen atoms in total. The molecule has 740 valence electrons. The standard InChI is InChI=1S/C27H30F3N7O.C26H30ClN7O.C26H30FN7O.C25H28FN7O/c1-4-24(38)32-19-7-6-8-20(15-19)33-25-18(3)17-31-26(35-25)34-23-10-9-21(16-22(23)27(28,29)30)37-13-11-36(5-2)12-14-37;2*1-4-24(35)29-19-7-6-8-20(15-19)30-25-18(3)17-28-26(32-25)31-23-10-9-21(16-22(23)27)34-13-11-33(5-2)12-14-34;1-4-23(34)28-18-6-5-7-19(14-18)29-24-17(2)16-27-25(31-24)30-22-9-8-20(15-21(22)26)33-12-10-32(3)11-13-33/h4,6-10,15-17H,1,5,11-14H2,2-3H3,(H,32,38)(H2,31,33,34,35);2*4,6-10,15-17H,1,5,11-14H2,2-3H3,(H,29,35)(H2,28,30,31,32);4-9,14-16H,1,10-13H2,2-3H3,(H,28,34)(H2,27,29,30,31). The van der Waals surface area contributed by atoms with Gasteiger partial charge in [0, 0.05) is 220 Å². The van der Waals surface area contributed by atoms with E-state index in [9.17, 15) is 41.1 Å². The highest BCUT2D eigenvalue weighted by atomic mass is 35.5. The number of amides is 4. The van der Waals surface area contributed by atoms with Crippen molar-refractivity contribution in [2.45, 2.75) is 54.6 Å². The Bertz CT molecular complexity index is 6260. The molecule has 4 aromatic heterocycles. The number of rotatable bonds is 31. The number of likely N-dealkylation sites (N-methyl/N-ethyl adjacent to an activating group) is 4. The normalized spacial score (nSPS) is 14.0. The molecule has 4 fully saturated rings. The van der Waals surface area contributed by atoms with E-state index in [1.165, 1.54) is 42.6 Å². The van der Waals surface area contributed by atoms with Crippen LogP contribution in [0.15, 0.2) is 245 Å². The maximum Gasteiger partial charge on any atom is 0.418 e. The first-order valence-electron chi connectivity index (χ1n) is 46.6. The van der Waals surface area contributed by atoms with Crippen molar-refractivity contribution in [3.05, 3.63) is 290 Å². The molecule has 4 aliphatic heterocycles. The molecule has 4 aliphatic rings. The van der Waals surface area contributed by atoms with E-state index in [4.69, 9.17) is 11.6 Å². The van der Waals surface area contributed by atoms with E-state index < -0.39 is 11.7 Å². The van der Waals surface area contributed by atoms with Gasteiger partial charge in [-0.25, -0.2) is 28.7 Å². The smallest absolute Gasteiger partial charge is 0.369 e. The predicted molar refractivity (Wildman–Crippen MR) is 563 cm³/mol. The number of nitrogens with one attached hydrogen (secondary N) is 12. The number of anilines is 24. The largest absolute Gasteiger partial charge is 0.418 e. The van der Waals surface area contributed by atoms with Crippen LogP contribution in [-0.2, 0) is 25.4 Å². The Morgan fingerprint density at radius 2 is 0.592 bits per heavy atom. The third kappa shape index (κ3) is 29.7. The summed E-state index contributed by atoms with van der Waals surface area (Å²) in [6.45, 7) is 45.2. The molecule has 16 rings (SSSR count). The van der Waals surface area contributed by atoms with E-state index in [0.717, 1.165) is 168 Å². The first-order chi connectivity index (χ1) is 68.5. The summed E-state index contributed by atoms with van der Waals surface area (Å²) < 4.78 is 71.9. The molecule has 0 unspecified atom stereocenters. The maximum absolute atomic E-state index is 14.9. The number of halogens is 6. The molecule has 8 heterocycles. The average molecular weight is 1950 g/mol. The lowest BCUT2D eigenvalue weighted by Gasteiger charge is -2.36. The minimum Gasteiger partial charge on any atom is -0.369 e. The molecular weight excluding hydrogens is 1840 g/mol. The fourth-order valence-corrected chi connectivity index (χ4v) is 15.7. The van der Waals surface area contributed by atoms with Gasteiger partial charge in [-0.15, -0.1) is 0 Å². The molecular formula is C104H118ClF5N28O4. The second kappa shape index (κ2) is 49.7. The lowest BCUT2D eigenvalue weighted by atomic mass is 10.1. The molecule has 0 aliphatic carbocycles. The Balaban J connectivity index is 0.000000159. The topological polar surface area (TPSA) is 342 Å². The lowest BCUT2D eigenvalue weighted by molar-refractivity contribution is -0.137. The molecule has 4 saturated heterocycles. The molecule has 0 radical (unpaired) electrons. The Labute approximate surface area is 828 Å². The summed E-state index contributed by atoms with van der Waals surface area (Å²) in [5, 5.41) is 36.3. The fraction of sp³-hybridized carbons (Fsp3) is 0.269. The number of nitrogens with zero attached hydrogens (tertiary/aromatic N) is 16. The van der Waals surface area contributed by atoms with Crippen molar-refractivity contribution >= 4 is 173 Å². The van der Waals surface area contributed by atoms with Crippen molar-refractivity contribution in [2.75, 3.05) is 215 Å². The molecule has 38 heteroatoms. The number of hydrogen-bond donors (Lipinski definition) is 12. The van der Waals surface area contributed by atoms with Crippen LogP contribution in [0.2, 0.25) is 5.02 Å². The van der Waals surface area contributed by atoms with Crippen LogP contribution in [0.25, 0.3) is 0 Å². The number of benzene rings is 8. The van der Waals surface area contributed by atoms with Crippen molar-refractivity contribution in [3.8, 4) is 0 Å². The lowest BCUT2D eigenvalue weighted by Crippen LogP contribution is -2.46. The number of hydrogen-bond acceptors (Lipinski definition) is 28. The maximum atomic E-state index is 14.9. The highest BCUT2D eigenvalue weighted by molar-refractivity contribution is 6.33. The number of alkyl halides is 3. The first-order valence-corrected chi connectivity index (χ1v) is 46.9. The van der Waals surface area contributed by atoms with Gasteiger partial charge in [0.15, 0.2) is 0 Å². The number of piperazine rings is 4. The molecule has 12 aromatic rings. The van der Waals surface area contributed by atoms with Crippen LogP contribution in [0.3, 0.4) is 0 Å². The summed E-state index contributed by atoms with van der Waals surface area (Å²) in [7, 11) is 2.09. The molecule has 0 saturated carbocycles. The summed E-state index contributed by atoms with van der Waals surface area (Å²) in [6, 6.07) is 49.5. The SMILES string of the molecule is C=CC(=O)Nc1cccc(Nc2nc(Nc3ccc(N4CCN(C)CC4)cc3F)ncc2C)c1.C=CC(=O)Nc1cccc(Nc2nc(Nc3ccc(N4CCN(CC)CC4)cc3C(F)(F)F)ncc2C)c1.C=CC(=O)Nc1cccc(Nc2nc(Nc3ccc(N4CCN(CC)CC4)cc3Cl)ncc2C)c1.C=CC(=O)Nc1cccc(Nc2nc(Nc3ccc(N4CCN(CC)CC4)cc3F)ncc2C)c1. The monoisotopic (exact) mass is 1950 g/mol. The zero-order valence-corrected chi connectivity index (χ0v) is 81.4. The minimum absolute atomic E-state index is 0.0176. The van der Waals surface area contributed by atoms with Gasteiger partial charge in [-0.1, -0.05) is 83.0 Å². The van der Waals surface area contributed by atoms with Gasteiger partial charge in [0.1, 0.15) is 34.9 Å². The van der Waals surface area contributed by atoms with E-state index in [1.54, 1.807) is 104 Å². The van der Waals surface area contributed by atoms with Crippen molar-refractivity contribution < 1.29 is 41.1 Å². The molecule has 8 aromatic carbocycles. The van der Waals surface area contributed by atoms with Crippen molar-refractivity contribution in [1.29, 1.82) is 0 Å². The fourth-order valence-electron chi connectivity index (χ4n) is 15.5. The molecule has 0 bridgehead atoms. The van der Waals surface area contributed by atoms with Gasteiger partial charge in [-0.3, -0.25) is 19.2 Å². The van der Waals surface area contributed by atoms with Crippen LogP contribution >= 0.6 is 11.6 Å². The number of carbonyl (C=O) groups is 4. The van der Waals surface area contributed by atoms with Crippen molar-refractivity contribution in [3.63, 3.8) is 0 Å². The minimum atomic E-state index is -4.56. The highest BCUT2D eigenvalue weighted by Gasteiger charge is 2.35. The van der Waals surface area contributed by atoms with Crippen LogP contribution in [0.1, 0.15) is 48.6 Å². The van der Waals surface area contributed by atoms with E-state index in [2.05, 4.69) is 198 Å². The third-order valence-electron chi connectivity index (χ3n) is 23.8. The van der Waals surface area contributed by atoms with E-state index in [1.807, 2.05) is 98.5 Å². The second-order valence-electron chi connectivity index (χ2n) is 33.8. The quantitative estimate of drug-likeness (QED) is 0.0142. The summed E-state index contributed by atoms with van der Waals surface area (Å²) >= 11 is 6.61. The van der Waals surface area contributed by atoms with Crippen molar-refractivity contribution in [1.82, 2.24) is 59.5 Å². The highest BCUT2D eigenvalue weighted by Crippen LogP contribution is 2.40. The van der Waals surface area contributed by atoms with Gasteiger partial charge < -0.3 is 103 Å².